The molecule has 94 valence electrons. The highest BCUT2D eigenvalue weighted by molar-refractivity contribution is 14.1. The first-order valence-corrected chi connectivity index (χ1v) is 6.66. The topological polar surface area (TPSA) is 55.4 Å². The van der Waals surface area contributed by atoms with Crippen LogP contribution in [0.25, 0.3) is 0 Å². The second kappa shape index (κ2) is 8.78. The van der Waals surface area contributed by atoms with Crippen molar-refractivity contribution in [1.82, 2.24) is 5.32 Å². The number of halogens is 1. The van der Waals surface area contributed by atoms with Crippen LogP contribution in [0, 0.1) is 11.8 Å². The summed E-state index contributed by atoms with van der Waals surface area (Å²) in [6, 6.07) is 0. The van der Waals surface area contributed by atoms with Gasteiger partial charge in [0.05, 0.1) is 12.5 Å². The maximum Gasteiger partial charge on any atom is 0.309 e. The number of hydrogen-bond acceptors (Lipinski definition) is 3. The SMILES string of the molecule is CCCC(C(=O)OCCNC(=O)I)C(C)C. The second-order valence-corrected chi connectivity index (χ2v) is 4.99. The molecular weight excluding hydrogens is 321 g/mol. The number of ether oxygens (including phenoxy) is 1. The van der Waals surface area contributed by atoms with Crippen LogP contribution in [0.1, 0.15) is 33.6 Å². The third kappa shape index (κ3) is 7.03. The van der Waals surface area contributed by atoms with E-state index in [-0.39, 0.29) is 22.4 Å². The van der Waals surface area contributed by atoms with Gasteiger partial charge in [-0.3, -0.25) is 9.59 Å². The van der Waals surface area contributed by atoms with Gasteiger partial charge in [0.25, 0.3) is 3.91 Å². The van der Waals surface area contributed by atoms with Gasteiger partial charge in [0, 0.05) is 22.6 Å². The Labute approximate surface area is 111 Å². The second-order valence-electron chi connectivity index (χ2n) is 4.01. The summed E-state index contributed by atoms with van der Waals surface area (Å²) in [6.45, 7) is 6.73. The van der Waals surface area contributed by atoms with Gasteiger partial charge in [-0.25, -0.2) is 0 Å². The number of esters is 1. The summed E-state index contributed by atoms with van der Waals surface area (Å²) in [5, 5.41) is 2.57. The number of rotatable bonds is 7. The molecule has 1 atom stereocenters. The summed E-state index contributed by atoms with van der Waals surface area (Å²) in [5.41, 5.74) is 0. The van der Waals surface area contributed by atoms with Crippen molar-refractivity contribution in [3.63, 3.8) is 0 Å². The van der Waals surface area contributed by atoms with Crippen molar-refractivity contribution in [3.05, 3.63) is 0 Å². The Hall–Kier alpha value is -0.330. The molecule has 0 fully saturated rings. The predicted molar refractivity (Wildman–Crippen MR) is 71.6 cm³/mol. The number of carbonyl (C=O) groups is 2. The first-order chi connectivity index (χ1) is 7.49. The third-order valence-electron chi connectivity index (χ3n) is 2.32. The van der Waals surface area contributed by atoms with Crippen LogP contribution in [-0.2, 0) is 9.53 Å². The molecule has 1 N–H and O–H groups in total. The molecule has 0 aromatic rings. The molecule has 4 nitrogen and oxygen atoms in total. The normalized spacial score (nSPS) is 12.3. The average molecular weight is 341 g/mol. The first kappa shape index (κ1) is 15.7. The lowest BCUT2D eigenvalue weighted by atomic mass is 9.92. The molecule has 0 rings (SSSR count). The number of hydrogen-bond donors (Lipinski definition) is 1. The monoisotopic (exact) mass is 341 g/mol. The summed E-state index contributed by atoms with van der Waals surface area (Å²) in [4.78, 5) is 22.3. The van der Waals surface area contributed by atoms with E-state index in [1.165, 1.54) is 0 Å². The standard InChI is InChI=1S/C11H20INO3/c1-4-5-9(8(2)3)10(14)16-7-6-13-11(12)15/h8-9H,4-7H2,1-3H3,(H,13,15). The van der Waals surface area contributed by atoms with Gasteiger partial charge in [-0.2, -0.15) is 0 Å². The van der Waals surface area contributed by atoms with E-state index in [2.05, 4.69) is 12.2 Å². The lowest BCUT2D eigenvalue weighted by molar-refractivity contribution is -0.150. The number of carbonyl (C=O) groups excluding carboxylic acids is 2. The lowest BCUT2D eigenvalue weighted by Crippen LogP contribution is -2.27. The van der Waals surface area contributed by atoms with E-state index >= 15 is 0 Å². The highest BCUT2D eigenvalue weighted by atomic mass is 127. The Bertz CT molecular complexity index is 231. The summed E-state index contributed by atoms with van der Waals surface area (Å²) >= 11 is 1.65. The molecule has 0 radical (unpaired) electrons. The lowest BCUT2D eigenvalue weighted by Gasteiger charge is -2.18. The van der Waals surface area contributed by atoms with Crippen LogP contribution in [-0.4, -0.2) is 23.0 Å². The van der Waals surface area contributed by atoms with Gasteiger partial charge in [-0.05, 0) is 12.3 Å². The van der Waals surface area contributed by atoms with Crippen LogP contribution in [0.2, 0.25) is 0 Å². The number of amides is 1. The molecule has 0 aromatic carbocycles. The van der Waals surface area contributed by atoms with Crippen molar-refractivity contribution < 1.29 is 14.3 Å². The summed E-state index contributed by atoms with van der Waals surface area (Å²) in [6.07, 6.45) is 1.83. The molecule has 0 saturated heterocycles. The van der Waals surface area contributed by atoms with Gasteiger partial charge in [0.1, 0.15) is 6.61 Å². The molecule has 1 amide bonds. The van der Waals surface area contributed by atoms with Crippen molar-refractivity contribution in [2.24, 2.45) is 11.8 Å². The van der Waals surface area contributed by atoms with Gasteiger partial charge < -0.3 is 10.1 Å². The minimum atomic E-state index is -0.153. The van der Waals surface area contributed by atoms with Gasteiger partial charge in [0.2, 0.25) is 0 Å². The predicted octanol–water partition coefficient (Wildman–Crippen LogP) is 2.75. The Kier molecular flexibility index (Phi) is 8.60. The Morgan fingerprint density at radius 3 is 2.44 bits per heavy atom. The van der Waals surface area contributed by atoms with Gasteiger partial charge in [0.15, 0.2) is 0 Å². The zero-order valence-corrected chi connectivity index (χ0v) is 12.2. The molecule has 5 heteroatoms. The van der Waals surface area contributed by atoms with Crippen LogP contribution in [0.15, 0.2) is 0 Å². The Morgan fingerprint density at radius 2 is 2.00 bits per heavy atom. The average Bonchev–Trinajstić information content (AvgIpc) is 2.19. The van der Waals surface area contributed by atoms with E-state index in [1.54, 1.807) is 22.6 Å². The number of nitrogens with one attached hydrogen (secondary N) is 1. The molecule has 0 aromatic heterocycles. The summed E-state index contributed by atoms with van der Waals surface area (Å²) < 4.78 is 4.97. The largest absolute Gasteiger partial charge is 0.464 e. The van der Waals surface area contributed by atoms with Crippen molar-refractivity contribution >= 4 is 32.5 Å². The fourth-order valence-electron chi connectivity index (χ4n) is 1.44. The molecule has 0 spiro atoms. The van der Waals surface area contributed by atoms with Crippen molar-refractivity contribution in [2.75, 3.05) is 13.2 Å². The quantitative estimate of drug-likeness (QED) is 0.255. The molecule has 0 aliphatic heterocycles. The molecule has 0 bridgehead atoms. The maximum atomic E-state index is 11.7. The molecule has 16 heavy (non-hydrogen) atoms. The van der Waals surface area contributed by atoms with Gasteiger partial charge in [-0.15, -0.1) is 0 Å². The van der Waals surface area contributed by atoms with Crippen molar-refractivity contribution in [3.8, 4) is 0 Å². The van der Waals surface area contributed by atoms with Crippen LogP contribution < -0.4 is 5.32 Å². The van der Waals surface area contributed by atoms with Crippen LogP contribution in [0.5, 0.6) is 0 Å². The molecule has 0 aliphatic carbocycles. The first-order valence-electron chi connectivity index (χ1n) is 5.59. The summed E-state index contributed by atoms with van der Waals surface area (Å²) in [7, 11) is 0. The van der Waals surface area contributed by atoms with E-state index in [0.717, 1.165) is 12.8 Å². The minimum absolute atomic E-state index is 0.0275. The Balaban J connectivity index is 3.87. The van der Waals surface area contributed by atoms with E-state index in [9.17, 15) is 9.59 Å². The zero-order valence-electron chi connectivity index (χ0n) is 10.1. The fourth-order valence-corrected chi connectivity index (χ4v) is 1.71. The minimum Gasteiger partial charge on any atom is -0.464 e. The van der Waals surface area contributed by atoms with Gasteiger partial charge >= 0.3 is 5.97 Å². The van der Waals surface area contributed by atoms with Crippen molar-refractivity contribution in [1.29, 1.82) is 0 Å². The molecule has 0 saturated carbocycles. The molecule has 1 unspecified atom stereocenters. The summed E-state index contributed by atoms with van der Waals surface area (Å²) in [5.74, 6) is 0.117. The highest BCUT2D eigenvalue weighted by Crippen LogP contribution is 2.18. The van der Waals surface area contributed by atoms with Crippen LogP contribution in [0.4, 0.5) is 4.79 Å². The maximum absolute atomic E-state index is 11.7. The Morgan fingerprint density at radius 1 is 1.38 bits per heavy atom. The molecule has 0 aliphatic rings. The van der Waals surface area contributed by atoms with E-state index in [1.807, 2.05) is 13.8 Å². The zero-order chi connectivity index (χ0) is 12.6. The van der Waals surface area contributed by atoms with E-state index < -0.39 is 0 Å². The molecular formula is C11H20INO3. The van der Waals surface area contributed by atoms with Crippen molar-refractivity contribution in [2.45, 2.75) is 33.6 Å². The molecule has 0 heterocycles. The highest BCUT2D eigenvalue weighted by Gasteiger charge is 2.22. The van der Waals surface area contributed by atoms with Gasteiger partial charge in [-0.1, -0.05) is 27.2 Å². The fraction of sp³-hybridized carbons (Fsp3) is 0.818. The van der Waals surface area contributed by atoms with Crippen LogP contribution in [0.3, 0.4) is 0 Å². The van der Waals surface area contributed by atoms with Crippen LogP contribution >= 0.6 is 22.6 Å². The smallest absolute Gasteiger partial charge is 0.309 e. The van der Waals surface area contributed by atoms with E-state index in [4.69, 9.17) is 4.74 Å². The third-order valence-corrected chi connectivity index (χ3v) is 2.70. The van der Waals surface area contributed by atoms with E-state index in [0.29, 0.717) is 12.5 Å².